The number of rotatable bonds is 4. The van der Waals surface area contributed by atoms with Crippen LogP contribution in [0.25, 0.3) is 0 Å². The van der Waals surface area contributed by atoms with Crippen LogP contribution in [0.15, 0.2) is 30.3 Å². The molecule has 1 aliphatic rings. The second kappa shape index (κ2) is 6.21. The summed E-state index contributed by atoms with van der Waals surface area (Å²) in [6, 6.07) is 11.2. The van der Waals surface area contributed by atoms with E-state index < -0.39 is 0 Å². The van der Waals surface area contributed by atoms with Crippen LogP contribution >= 0.6 is 0 Å². The summed E-state index contributed by atoms with van der Waals surface area (Å²) >= 11 is 0. The zero-order chi connectivity index (χ0) is 13.0. The van der Waals surface area contributed by atoms with Crippen molar-refractivity contribution in [1.29, 1.82) is 0 Å². The van der Waals surface area contributed by atoms with E-state index in [-0.39, 0.29) is 0 Å². The molecule has 1 heterocycles. The molecule has 1 aromatic rings. The van der Waals surface area contributed by atoms with Crippen LogP contribution in [0.4, 0.5) is 5.69 Å². The number of benzene rings is 1. The molecule has 1 fully saturated rings. The first-order valence-corrected chi connectivity index (χ1v) is 6.96. The number of hydrogen-bond donors (Lipinski definition) is 1. The molecule has 1 saturated heterocycles. The average Bonchev–Trinajstić information content (AvgIpc) is 2.41. The van der Waals surface area contributed by atoms with Crippen LogP contribution in [0.2, 0.25) is 0 Å². The highest BCUT2D eigenvalue weighted by atomic mass is 15.3. The quantitative estimate of drug-likeness (QED) is 0.880. The van der Waals surface area contributed by atoms with E-state index in [2.05, 4.69) is 54.0 Å². The molecular weight excluding hydrogens is 222 g/mol. The first-order chi connectivity index (χ1) is 8.72. The van der Waals surface area contributed by atoms with E-state index in [1.165, 1.54) is 5.69 Å². The number of piperazine rings is 1. The van der Waals surface area contributed by atoms with Crippen LogP contribution in [0.5, 0.6) is 0 Å². The SMILES string of the molecule is CC(C)C(CN)N1CCN(c2ccccc2)CC1. The van der Waals surface area contributed by atoms with Crippen molar-refractivity contribution in [2.75, 3.05) is 37.6 Å². The Hall–Kier alpha value is -1.06. The molecule has 0 amide bonds. The molecule has 3 nitrogen and oxygen atoms in total. The van der Waals surface area contributed by atoms with E-state index in [1.54, 1.807) is 0 Å². The zero-order valence-corrected chi connectivity index (χ0v) is 11.5. The maximum Gasteiger partial charge on any atom is 0.0367 e. The molecule has 2 rings (SSSR count). The fourth-order valence-electron chi connectivity index (χ4n) is 2.79. The maximum absolute atomic E-state index is 5.90. The van der Waals surface area contributed by atoms with Crippen LogP contribution in [-0.2, 0) is 0 Å². The molecule has 1 unspecified atom stereocenters. The van der Waals surface area contributed by atoms with Gasteiger partial charge in [0.2, 0.25) is 0 Å². The Kier molecular flexibility index (Phi) is 4.61. The first kappa shape index (κ1) is 13.4. The van der Waals surface area contributed by atoms with Gasteiger partial charge in [-0.1, -0.05) is 32.0 Å². The van der Waals surface area contributed by atoms with Crippen molar-refractivity contribution < 1.29 is 0 Å². The third-order valence-electron chi connectivity index (χ3n) is 3.92. The molecule has 0 aliphatic carbocycles. The van der Waals surface area contributed by atoms with E-state index in [0.29, 0.717) is 12.0 Å². The van der Waals surface area contributed by atoms with Crippen LogP contribution in [-0.4, -0.2) is 43.7 Å². The normalized spacial score (nSPS) is 19.2. The molecule has 100 valence electrons. The number of nitrogens with two attached hydrogens (primary N) is 1. The van der Waals surface area contributed by atoms with Gasteiger partial charge in [-0.25, -0.2) is 0 Å². The molecule has 18 heavy (non-hydrogen) atoms. The Balaban J connectivity index is 1.92. The van der Waals surface area contributed by atoms with Gasteiger partial charge in [0.1, 0.15) is 0 Å². The van der Waals surface area contributed by atoms with Gasteiger partial charge < -0.3 is 10.6 Å². The van der Waals surface area contributed by atoms with Crippen LogP contribution in [0.3, 0.4) is 0 Å². The van der Waals surface area contributed by atoms with Crippen LogP contribution in [0, 0.1) is 5.92 Å². The summed E-state index contributed by atoms with van der Waals surface area (Å²) in [5.41, 5.74) is 7.23. The van der Waals surface area contributed by atoms with Crippen molar-refractivity contribution in [1.82, 2.24) is 4.90 Å². The van der Waals surface area contributed by atoms with E-state index >= 15 is 0 Å². The predicted molar refractivity (Wildman–Crippen MR) is 77.9 cm³/mol. The number of para-hydroxylation sites is 1. The predicted octanol–water partition coefficient (Wildman–Crippen LogP) is 1.79. The van der Waals surface area contributed by atoms with Crippen molar-refractivity contribution in [3.8, 4) is 0 Å². The van der Waals surface area contributed by atoms with Crippen molar-refractivity contribution in [2.45, 2.75) is 19.9 Å². The van der Waals surface area contributed by atoms with Crippen LogP contribution < -0.4 is 10.6 Å². The van der Waals surface area contributed by atoms with E-state index in [0.717, 1.165) is 32.7 Å². The molecule has 2 N–H and O–H groups in total. The lowest BCUT2D eigenvalue weighted by atomic mass is 10.0. The van der Waals surface area contributed by atoms with Gasteiger partial charge in [0.05, 0.1) is 0 Å². The summed E-state index contributed by atoms with van der Waals surface area (Å²) in [4.78, 5) is 5.01. The summed E-state index contributed by atoms with van der Waals surface area (Å²) < 4.78 is 0. The average molecular weight is 247 g/mol. The molecule has 1 aromatic carbocycles. The Labute approximate surface area is 111 Å². The minimum atomic E-state index is 0.530. The van der Waals surface area contributed by atoms with Crippen LogP contribution in [0.1, 0.15) is 13.8 Å². The van der Waals surface area contributed by atoms with Gasteiger partial charge >= 0.3 is 0 Å². The maximum atomic E-state index is 5.90. The van der Waals surface area contributed by atoms with Gasteiger partial charge in [0, 0.05) is 44.5 Å². The number of hydrogen-bond acceptors (Lipinski definition) is 3. The Morgan fingerprint density at radius 1 is 1.06 bits per heavy atom. The topological polar surface area (TPSA) is 32.5 Å². The standard InChI is InChI=1S/C15H25N3/c1-13(2)15(12-16)18-10-8-17(9-11-18)14-6-4-3-5-7-14/h3-7,13,15H,8-12,16H2,1-2H3. The van der Waals surface area contributed by atoms with Crippen molar-refractivity contribution >= 4 is 5.69 Å². The lowest BCUT2D eigenvalue weighted by Crippen LogP contribution is -2.54. The van der Waals surface area contributed by atoms with E-state index in [4.69, 9.17) is 5.73 Å². The van der Waals surface area contributed by atoms with Gasteiger partial charge in [-0.05, 0) is 18.1 Å². The third-order valence-corrected chi connectivity index (χ3v) is 3.92. The largest absolute Gasteiger partial charge is 0.369 e. The highest BCUT2D eigenvalue weighted by Gasteiger charge is 2.24. The van der Waals surface area contributed by atoms with Gasteiger partial charge in [0.15, 0.2) is 0 Å². The van der Waals surface area contributed by atoms with Crippen molar-refractivity contribution in [3.63, 3.8) is 0 Å². The van der Waals surface area contributed by atoms with Crippen molar-refractivity contribution in [3.05, 3.63) is 30.3 Å². The fraction of sp³-hybridized carbons (Fsp3) is 0.600. The molecule has 0 bridgehead atoms. The zero-order valence-electron chi connectivity index (χ0n) is 11.5. The fourth-order valence-corrected chi connectivity index (χ4v) is 2.79. The molecular formula is C15H25N3. The highest BCUT2D eigenvalue weighted by molar-refractivity contribution is 5.46. The monoisotopic (exact) mass is 247 g/mol. The first-order valence-electron chi connectivity index (χ1n) is 6.96. The highest BCUT2D eigenvalue weighted by Crippen LogP contribution is 2.18. The second-order valence-electron chi connectivity index (χ2n) is 5.41. The van der Waals surface area contributed by atoms with Gasteiger partial charge in [-0.15, -0.1) is 0 Å². The molecule has 1 aliphatic heterocycles. The molecule has 3 heteroatoms. The minimum Gasteiger partial charge on any atom is -0.369 e. The Morgan fingerprint density at radius 3 is 2.17 bits per heavy atom. The third kappa shape index (κ3) is 3.03. The summed E-state index contributed by atoms with van der Waals surface area (Å²) in [5, 5.41) is 0. The lowest BCUT2D eigenvalue weighted by Gasteiger charge is -2.41. The molecule has 1 atom stereocenters. The molecule has 0 saturated carbocycles. The van der Waals surface area contributed by atoms with Gasteiger partial charge in [-0.2, -0.15) is 0 Å². The van der Waals surface area contributed by atoms with E-state index in [9.17, 15) is 0 Å². The second-order valence-corrected chi connectivity index (χ2v) is 5.41. The van der Waals surface area contributed by atoms with Crippen molar-refractivity contribution in [2.24, 2.45) is 11.7 Å². The molecule has 0 aromatic heterocycles. The van der Waals surface area contributed by atoms with Gasteiger partial charge in [-0.3, -0.25) is 4.90 Å². The minimum absolute atomic E-state index is 0.530. The lowest BCUT2D eigenvalue weighted by molar-refractivity contribution is 0.151. The smallest absolute Gasteiger partial charge is 0.0367 e. The summed E-state index contributed by atoms with van der Waals surface area (Å²) in [7, 11) is 0. The number of nitrogens with zero attached hydrogens (tertiary/aromatic N) is 2. The van der Waals surface area contributed by atoms with Gasteiger partial charge in [0.25, 0.3) is 0 Å². The molecule has 0 spiro atoms. The Morgan fingerprint density at radius 2 is 1.67 bits per heavy atom. The molecule has 0 radical (unpaired) electrons. The summed E-state index contributed by atoms with van der Waals surface area (Å²) in [6.45, 7) is 9.75. The van der Waals surface area contributed by atoms with E-state index in [1.807, 2.05) is 0 Å². The summed E-state index contributed by atoms with van der Waals surface area (Å²) in [6.07, 6.45) is 0. The summed E-state index contributed by atoms with van der Waals surface area (Å²) in [5.74, 6) is 0.637. The Bertz CT molecular complexity index is 342. The number of anilines is 1.